The van der Waals surface area contributed by atoms with Crippen molar-refractivity contribution in [2.45, 2.75) is 31.6 Å². The maximum absolute atomic E-state index is 12.3. The Kier molecular flexibility index (Phi) is 4.45. The molecule has 0 radical (unpaired) electrons. The van der Waals surface area contributed by atoms with Crippen LogP contribution in [0.5, 0.6) is 0 Å². The number of nitrogens with zero attached hydrogens (tertiary/aromatic N) is 2. The third-order valence-electron chi connectivity index (χ3n) is 4.15. The number of rotatable bonds is 3. The van der Waals surface area contributed by atoms with E-state index in [-0.39, 0.29) is 10.8 Å². The van der Waals surface area contributed by atoms with Crippen LogP contribution in [0, 0.1) is 13.8 Å². The summed E-state index contributed by atoms with van der Waals surface area (Å²) in [6.45, 7) is 4.03. The molecule has 2 aromatic rings. The standard InChI is InChI=1S/C18H19N3O3S/c1-12-3-4-13(2)16(11-12)17-9-10-18(22)21(20-17)14-5-7-15(8-6-14)25(19,23)24/h3-8,11H,9-10H2,1-2H3,(H2,19,23,24). The minimum atomic E-state index is -3.77. The van der Waals surface area contributed by atoms with Crippen molar-refractivity contribution in [2.24, 2.45) is 10.2 Å². The molecule has 0 atom stereocenters. The van der Waals surface area contributed by atoms with E-state index in [0.29, 0.717) is 18.5 Å². The molecule has 0 bridgehead atoms. The van der Waals surface area contributed by atoms with Gasteiger partial charge in [-0.3, -0.25) is 4.79 Å². The van der Waals surface area contributed by atoms with E-state index in [4.69, 9.17) is 5.14 Å². The zero-order chi connectivity index (χ0) is 18.2. The second kappa shape index (κ2) is 6.42. The molecule has 0 aromatic heterocycles. The Morgan fingerprint density at radius 1 is 1.04 bits per heavy atom. The molecule has 0 unspecified atom stereocenters. The number of sulfonamides is 1. The van der Waals surface area contributed by atoms with Gasteiger partial charge in [0.15, 0.2) is 0 Å². The second-order valence-electron chi connectivity index (χ2n) is 6.11. The first-order valence-electron chi connectivity index (χ1n) is 7.86. The van der Waals surface area contributed by atoms with E-state index in [1.54, 1.807) is 0 Å². The maximum Gasteiger partial charge on any atom is 0.247 e. The van der Waals surface area contributed by atoms with Gasteiger partial charge in [-0.15, -0.1) is 0 Å². The lowest BCUT2D eigenvalue weighted by Crippen LogP contribution is -2.32. The number of hydrogen-bond acceptors (Lipinski definition) is 4. The molecule has 25 heavy (non-hydrogen) atoms. The Morgan fingerprint density at radius 3 is 2.36 bits per heavy atom. The first-order valence-corrected chi connectivity index (χ1v) is 9.41. The van der Waals surface area contributed by atoms with Gasteiger partial charge in [-0.1, -0.05) is 17.7 Å². The molecule has 7 heteroatoms. The molecule has 2 aromatic carbocycles. The highest BCUT2D eigenvalue weighted by Gasteiger charge is 2.24. The van der Waals surface area contributed by atoms with Gasteiger partial charge in [0.1, 0.15) is 0 Å². The number of amides is 1. The van der Waals surface area contributed by atoms with Crippen molar-refractivity contribution in [2.75, 3.05) is 5.01 Å². The summed E-state index contributed by atoms with van der Waals surface area (Å²) in [4.78, 5) is 12.3. The van der Waals surface area contributed by atoms with E-state index >= 15 is 0 Å². The molecule has 0 fully saturated rings. The van der Waals surface area contributed by atoms with Crippen molar-refractivity contribution in [3.63, 3.8) is 0 Å². The van der Waals surface area contributed by atoms with E-state index in [0.717, 1.165) is 22.4 Å². The van der Waals surface area contributed by atoms with Crippen molar-refractivity contribution in [1.82, 2.24) is 0 Å². The Labute approximate surface area is 147 Å². The van der Waals surface area contributed by atoms with Crippen molar-refractivity contribution < 1.29 is 13.2 Å². The average molecular weight is 357 g/mol. The molecule has 2 N–H and O–H groups in total. The maximum atomic E-state index is 12.3. The molecule has 0 spiro atoms. The third-order valence-corrected chi connectivity index (χ3v) is 5.08. The number of benzene rings is 2. The minimum absolute atomic E-state index is 0.000518. The van der Waals surface area contributed by atoms with Crippen molar-refractivity contribution in [1.29, 1.82) is 0 Å². The number of hydrogen-bond donors (Lipinski definition) is 1. The van der Waals surface area contributed by atoms with Crippen LogP contribution in [-0.2, 0) is 14.8 Å². The van der Waals surface area contributed by atoms with Gasteiger partial charge in [-0.2, -0.15) is 5.10 Å². The van der Waals surface area contributed by atoms with Gasteiger partial charge in [0.25, 0.3) is 0 Å². The number of anilines is 1. The highest BCUT2D eigenvalue weighted by Crippen LogP contribution is 2.25. The number of hydrazone groups is 1. The van der Waals surface area contributed by atoms with Crippen LogP contribution >= 0.6 is 0 Å². The monoisotopic (exact) mass is 357 g/mol. The van der Waals surface area contributed by atoms with Crippen LogP contribution < -0.4 is 10.1 Å². The highest BCUT2D eigenvalue weighted by molar-refractivity contribution is 7.89. The Morgan fingerprint density at radius 2 is 1.72 bits per heavy atom. The molecule has 0 saturated carbocycles. The molecular weight excluding hydrogens is 338 g/mol. The van der Waals surface area contributed by atoms with Crippen molar-refractivity contribution >= 4 is 27.3 Å². The Balaban J connectivity index is 2.00. The van der Waals surface area contributed by atoms with Gasteiger partial charge in [-0.25, -0.2) is 18.6 Å². The Hall–Kier alpha value is -2.51. The Bertz CT molecular complexity index is 964. The quantitative estimate of drug-likeness (QED) is 0.914. The van der Waals surface area contributed by atoms with Gasteiger partial charge in [0.2, 0.25) is 15.9 Å². The summed E-state index contributed by atoms with van der Waals surface area (Å²) in [6, 6.07) is 12.0. The number of nitrogens with two attached hydrogens (primary N) is 1. The van der Waals surface area contributed by atoms with Gasteiger partial charge in [-0.05, 0) is 49.7 Å². The van der Waals surface area contributed by atoms with E-state index in [1.807, 2.05) is 26.0 Å². The van der Waals surface area contributed by atoms with Gasteiger partial charge in [0, 0.05) is 18.4 Å². The summed E-state index contributed by atoms with van der Waals surface area (Å²) in [5, 5.41) is 10.9. The van der Waals surface area contributed by atoms with E-state index < -0.39 is 10.0 Å². The smallest absolute Gasteiger partial charge is 0.247 e. The summed E-state index contributed by atoms with van der Waals surface area (Å²) in [6.07, 6.45) is 0.929. The normalized spacial score (nSPS) is 15.2. The fourth-order valence-electron chi connectivity index (χ4n) is 2.77. The summed E-state index contributed by atoms with van der Waals surface area (Å²) in [5.74, 6) is -0.127. The number of carbonyl (C=O) groups excluding carboxylic acids is 1. The number of aryl methyl sites for hydroxylation is 2. The molecule has 1 aliphatic heterocycles. The largest absolute Gasteiger partial charge is 0.273 e. The van der Waals surface area contributed by atoms with Crippen molar-refractivity contribution in [3.8, 4) is 0 Å². The van der Waals surface area contributed by atoms with Crippen LogP contribution in [0.25, 0.3) is 0 Å². The predicted octanol–water partition coefficient (Wildman–Crippen LogP) is 2.48. The molecule has 1 amide bonds. The van der Waals surface area contributed by atoms with E-state index in [1.165, 1.54) is 29.3 Å². The van der Waals surface area contributed by atoms with Gasteiger partial charge >= 0.3 is 0 Å². The summed E-state index contributed by atoms with van der Waals surface area (Å²) < 4.78 is 22.7. The number of carbonyl (C=O) groups is 1. The summed E-state index contributed by atoms with van der Waals surface area (Å²) in [7, 11) is -3.77. The zero-order valence-corrected chi connectivity index (χ0v) is 14.9. The first-order chi connectivity index (χ1) is 11.8. The molecule has 6 nitrogen and oxygen atoms in total. The van der Waals surface area contributed by atoms with Crippen LogP contribution in [0.2, 0.25) is 0 Å². The average Bonchev–Trinajstić information content (AvgIpc) is 2.57. The van der Waals surface area contributed by atoms with Crippen LogP contribution in [0.3, 0.4) is 0 Å². The van der Waals surface area contributed by atoms with Crippen LogP contribution in [0.1, 0.15) is 29.5 Å². The fourth-order valence-corrected chi connectivity index (χ4v) is 3.29. The first kappa shape index (κ1) is 17.3. The molecule has 3 rings (SSSR count). The predicted molar refractivity (Wildman–Crippen MR) is 97.0 cm³/mol. The van der Waals surface area contributed by atoms with Crippen LogP contribution in [0.4, 0.5) is 5.69 Å². The third kappa shape index (κ3) is 3.62. The summed E-state index contributed by atoms with van der Waals surface area (Å²) in [5.41, 5.74) is 4.61. The molecular formula is C18H19N3O3S. The minimum Gasteiger partial charge on any atom is -0.273 e. The van der Waals surface area contributed by atoms with Crippen molar-refractivity contribution in [3.05, 3.63) is 59.2 Å². The molecule has 1 heterocycles. The lowest BCUT2D eigenvalue weighted by Gasteiger charge is -2.24. The SMILES string of the molecule is Cc1ccc(C)c(C2=NN(c3ccc(S(N)(=O)=O)cc3)C(=O)CC2)c1. The zero-order valence-electron chi connectivity index (χ0n) is 14.1. The fraction of sp³-hybridized carbons (Fsp3) is 0.222. The molecule has 0 saturated heterocycles. The van der Waals surface area contributed by atoms with E-state index in [9.17, 15) is 13.2 Å². The second-order valence-corrected chi connectivity index (χ2v) is 7.67. The lowest BCUT2D eigenvalue weighted by molar-refractivity contribution is -0.118. The lowest BCUT2D eigenvalue weighted by atomic mass is 9.97. The molecule has 130 valence electrons. The van der Waals surface area contributed by atoms with Crippen LogP contribution in [-0.4, -0.2) is 20.0 Å². The molecule has 0 aliphatic carbocycles. The van der Waals surface area contributed by atoms with E-state index in [2.05, 4.69) is 11.2 Å². The molecule has 1 aliphatic rings. The topological polar surface area (TPSA) is 92.8 Å². The highest BCUT2D eigenvalue weighted by atomic mass is 32.2. The number of primary sulfonamides is 1. The van der Waals surface area contributed by atoms with Gasteiger partial charge in [0.05, 0.1) is 16.3 Å². The summed E-state index contributed by atoms with van der Waals surface area (Å²) >= 11 is 0. The van der Waals surface area contributed by atoms with Gasteiger partial charge < -0.3 is 0 Å². The van der Waals surface area contributed by atoms with Crippen LogP contribution in [0.15, 0.2) is 52.5 Å².